The molecule has 0 aromatic heterocycles. The fourth-order valence-corrected chi connectivity index (χ4v) is 2.17. The van der Waals surface area contributed by atoms with Gasteiger partial charge in [0.25, 0.3) is 0 Å². The Morgan fingerprint density at radius 1 is 1.47 bits per heavy atom. The van der Waals surface area contributed by atoms with Crippen LogP contribution in [0.25, 0.3) is 6.08 Å². The fourth-order valence-electron chi connectivity index (χ4n) is 1.44. The summed E-state index contributed by atoms with van der Waals surface area (Å²) in [5.41, 5.74) is -0.175. The molecule has 1 atom stereocenters. The number of amides is 1. The maximum Gasteiger partial charge on any atom is 0.244 e. The second kappa shape index (κ2) is 7.31. The highest BCUT2D eigenvalue weighted by molar-refractivity contribution is 7.98. The van der Waals surface area contributed by atoms with Crippen LogP contribution in [0.1, 0.15) is 12.5 Å². The Morgan fingerprint density at radius 2 is 2.11 bits per heavy atom. The largest absolute Gasteiger partial charge is 0.387 e. The van der Waals surface area contributed by atoms with Gasteiger partial charge in [0.15, 0.2) is 0 Å². The average molecular weight is 283 g/mol. The van der Waals surface area contributed by atoms with Gasteiger partial charge < -0.3 is 10.4 Å². The van der Waals surface area contributed by atoms with E-state index in [1.807, 2.05) is 6.26 Å². The van der Waals surface area contributed by atoms with Crippen molar-refractivity contribution in [1.82, 2.24) is 5.32 Å². The van der Waals surface area contributed by atoms with Gasteiger partial charge in [0.1, 0.15) is 5.82 Å². The molecule has 0 spiro atoms. The van der Waals surface area contributed by atoms with Crippen LogP contribution in [0.15, 0.2) is 30.3 Å². The first-order chi connectivity index (χ1) is 8.93. The third kappa shape index (κ3) is 6.40. The Balaban J connectivity index is 2.45. The van der Waals surface area contributed by atoms with Crippen molar-refractivity contribution in [3.8, 4) is 0 Å². The SMILES string of the molecule is CSCC(C)(O)CNC(=O)C=Cc1ccc(F)cc1. The van der Waals surface area contributed by atoms with Crippen LogP contribution in [0, 0.1) is 5.82 Å². The first-order valence-electron chi connectivity index (χ1n) is 5.86. The minimum Gasteiger partial charge on any atom is -0.387 e. The van der Waals surface area contributed by atoms with Crippen molar-refractivity contribution < 1.29 is 14.3 Å². The van der Waals surface area contributed by atoms with Gasteiger partial charge in [0.2, 0.25) is 5.91 Å². The van der Waals surface area contributed by atoms with Crippen molar-refractivity contribution in [2.24, 2.45) is 0 Å². The number of thioether (sulfide) groups is 1. The van der Waals surface area contributed by atoms with Crippen LogP contribution in [0.2, 0.25) is 0 Å². The molecule has 3 nitrogen and oxygen atoms in total. The molecule has 0 fully saturated rings. The zero-order chi connectivity index (χ0) is 14.3. The quantitative estimate of drug-likeness (QED) is 0.786. The standard InChI is InChI=1S/C14H18FNO2S/c1-14(18,10-19-2)9-16-13(17)8-5-11-3-6-12(15)7-4-11/h3-8,18H,9-10H2,1-2H3,(H,16,17). The Kier molecular flexibility index (Phi) is 6.05. The zero-order valence-electron chi connectivity index (χ0n) is 11.0. The molecule has 0 saturated heterocycles. The molecule has 0 heterocycles. The van der Waals surface area contributed by atoms with E-state index in [1.54, 1.807) is 25.1 Å². The molecular weight excluding hydrogens is 265 g/mol. The number of benzene rings is 1. The van der Waals surface area contributed by atoms with Crippen LogP contribution in [0.3, 0.4) is 0 Å². The molecular formula is C14H18FNO2S. The van der Waals surface area contributed by atoms with Crippen LogP contribution in [-0.2, 0) is 4.79 Å². The van der Waals surface area contributed by atoms with Gasteiger partial charge in [0, 0.05) is 18.4 Å². The van der Waals surface area contributed by atoms with E-state index in [2.05, 4.69) is 5.32 Å². The third-order valence-corrected chi connectivity index (χ3v) is 3.31. The number of halogens is 1. The second-order valence-corrected chi connectivity index (χ2v) is 5.40. The van der Waals surface area contributed by atoms with Crippen LogP contribution >= 0.6 is 11.8 Å². The number of carbonyl (C=O) groups is 1. The van der Waals surface area contributed by atoms with E-state index >= 15 is 0 Å². The summed E-state index contributed by atoms with van der Waals surface area (Å²) >= 11 is 1.52. The maximum absolute atomic E-state index is 12.7. The van der Waals surface area contributed by atoms with Crippen LogP contribution < -0.4 is 5.32 Å². The van der Waals surface area contributed by atoms with E-state index < -0.39 is 5.60 Å². The van der Waals surface area contributed by atoms with Crippen molar-refractivity contribution in [2.75, 3.05) is 18.6 Å². The summed E-state index contributed by atoms with van der Waals surface area (Å²) in [7, 11) is 0. The molecule has 0 radical (unpaired) electrons. The molecule has 1 aromatic rings. The highest BCUT2D eigenvalue weighted by Gasteiger charge is 2.19. The molecule has 0 aliphatic rings. The Bertz CT molecular complexity index is 443. The maximum atomic E-state index is 12.7. The molecule has 1 aromatic carbocycles. The van der Waals surface area contributed by atoms with Gasteiger partial charge in [-0.3, -0.25) is 4.79 Å². The predicted molar refractivity (Wildman–Crippen MR) is 77.4 cm³/mol. The lowest BCUT2D eigenvalue weighted by Gasteiger charge is -2.21. The van der Waals surface area contributed by atoms with Gasteiger partial charge in [0.05, 0.1) is 5.60 Å². The molecule has 0 saturated carbocycles. The summed E-state index contributed by atoms with van der Waals surface area (Å²) in [4.78, 5) is 11.5. The number of rotatable bonds is 6. The molecule has 5 heteroatoms. The van der Waals surface area contributed by atoms with E-state index in [1.165, 1.54) is 30.0 Å². The monoisotopic (exact) mass is 283 g/mol. The molecule has 0 aliphatic heterocycles. The second-order valence-electron chi connectivity index (χ2n) is 4.53. The van der Waals surface area contributed by atoms with Gasteiger partial charge in [-0.2, -0.15) is 11.8 Å². The van der Waals surface area contributed by atoms with Gasteiger partial charge >= 0.3 is 0 Å². The summed E-state index contributed by atoms with van der Waals surface area (Å²) in [5.74, 6) is -0.0463. The molecule has 19 heavy (non-hydrogen) atoms. The molecule has 1 amide bonds. The number of carbonyl (C=O) groups excluding carboxylic acids is 1. The first kappa shape index (κ1) is 15.7. The van der Waals surface area contributed by atoms with E-state index in [4.69, 9.17) is 0 Å². The normalized spacial score (nSPS) is 14.3. The highest BCUT2D eigenvalue weighted by atomic mass is 32.2. The topological polar surface area (TPSA) is 49.3 Å². The van der Waals surface area contributed by atoms with E-state index in [0.29, 0.717) is 5.75 Å². The zero-order valence-corrected chi connectivity index (χ0v) is 11.8. The number of hydrogen-bond donors (Lipinski definition) is 2. The summed E-state index contributed by atoms with van der Waals surface area (Å²) < 4.78 is 12.7. The summed E-state index contributed by atoms with van der Waals surface area (Å²) in [6, 6.07) is 5.84. The van der Waals surface area contributed by atoms with Crippen molar-refractivity contribution in [3.63, 3.8) is 0 Å². The van der Waals surface area contributed by atoms with Gasteiger partial charge in [-0.15, -0.1) is 0 Å². The van der Waals surface area contributed by atoms with Crippen LogP contribution in [0.5, 0.6) is 0 Å². The van der Waals surface area contributed by atoms with Gasteiger partial charge in [-0.25, -0.2) is 4.39 Å². The Hall–Kier alpha value is -1.33. The molecule has 0 aliphatic carbocycles. The van der Waals surface area contributed by atoms with E-state index in [-0.39, 0.29) is 18.3 Å². The van der Waals surface area contributed by atoms with Gasteiger partial charge in [-0.1, -0.05) is 12.1 Å². The van der Waals surface area contributed by atoms with Crippen molar-refractivity contribution >= 4 is 23.7 Å². The van der Waals surface area contributed by atoms with E-state index in [9.17, 15) is 14.3 Å². The Morgan fingerprint density at radius 3 is 2.68 bits per heavy atom. The molecule has 2 N–H and O–H groups in total. The van der Waals surface area contributed by atoms with Crippen molar-refractivity contribution in [1.29, 1.82) is 0 Å². The summed E-state index contributed by atoms with van der Waals surface area (Å²) in [5, 5.41) is 12.5. The predicted octanol–water partition coefficient (Wildman–Crippen LogP) is 2.07. The smallest absolute Gasteiger partial charge is 0.244 e. The average Bonchev–Trinajstić information content (AvgIpc) is 2.36. The first-order valence-corrected chi connectivity index (χ1v) is 7.25. The highest BCUT2D eigenvalue weighted by Crippen LogP contribution is 2.09. The summed E-state index contributed by atoms with van der Waals surface area (Å²) in [6.07, 6.45) is 4.85. The lowest BCUT2D eigenvalue weighted by Crippen LogP contribution is -2.41. The minimum absolute atomic E-state index is 0.195. The third-order valence-electron chi connectivity index (χ3n) is 2.40. The molecule has 1 rings (SSSR count). The van der Waals surface area contributed by atoms with Crippen LogP contribution in [-0.4, -0.2) is 35.2 Å². The van der Waals surface area contributed by atoms with Crippen molar-refractivity contribution in [2.45, 2.75) is 12.5 Å². The van der Waals surface area contributed by atoms with E-state index in [0.717, 1.165) is 5.56 Å². The molecule has 104 valence electrons. The number of aliphatic hydroxyl groups is 1. The van der Waals surface area contributed by atoms with Crippen molar-refractivity contribution in [3.05, 3.63) is 41.7 Å². The van der Waals surface area contributed by atoms with Gasteiger partial charge in [-0.05, 0) is 37.0 Å². The number of hydrogen-bond acceptors (Lipinski definition) is 3. The lowest BCUT2D eigenvalue weighted by atomic mass is 10.1. The fraction of sp³-hybridized carbons (Fsp3) is 0.357. The van der Waals surface area contributed by atoms with Crippen LogP contribution in [0.4, 0.5) is 4.39 Å². The Labute approximate surface area is 116 Å². The lowest BCUT2D eigenvalue weighted by molar-refractivity contribution is -0.117. The minimum atomic E-state index is -0.918. The summed E-state index contributed by atoms with van der Waals surface area (Å²) in [6.45, 7) is 1.87. The molecule has 0 bridgehead atoms. The molecule has 1 unspecified atom stereocenters. The number of nitrogens with one attached hydrogen (secondary N) is 1.